The number of nitrogen functional groups attached to an aromatic ring is 1. The van der Waals surface area contributed by atoms with Crippen molar-refractivity contribution >= 4 is 29.1 Å². The summed E-state index contributed by atoms with van der Waals surface area (Å²) in [6.45, 7) is 1.20. The molecule has 4 N–H and O–H groups in total. The number of rotatable bonds is 6. The van der Waals surface area contributed by atoms with E-state index in [2.05, 4.69) is 15.4 Å². The molecule has 0 aliphatic rings. The molecule has 2 heterocycles. The van der Waals surface area contributed by atoms with Gasteiger partial charge in [-0.2, -0.15) is 4.98 Å². The van der Waals surface area contributed by atoms with Crippen molar-refractivity contribution in [3.8, 4) is 11.1 Å². The van der Waals surface area contributed by atoms with Crippen molar-refractivity contribution in [1.82, 2.24) is 19.9 Å². The zero-order valence-electron chi connectivity index (χ0n) is 18.7. The quantitative estimate of drug-likeness (QED) is 0.363. The SMILES string of the molecule is Cc1ccc(-c2ccn3nc(N)nc3c2)c(F)c1C(=O)NCC(F)(F)[C@](C)(O)c1ccc(Cl)cc1. The Bertz CT molecular complexity index is 1420. The molecule has 7 nitrogen and oxygen atoms in total. The summed E-state index contributed by atoms with van der Waals surface area (Å²) in [4.78, 5) is 16.8. The van der Waals surface area contributed by atoms with Crippen LogP contribution in [0.2, 0.25) is 5.02 Å². The number of nitrogens with one attached hydrogen (secondary N) is 1. The summed E-state index contributed by atoms with van der Waals surface area (Å²) in [6.07, 6.45) is 1.53. The van der Waals surface area contributed by atoms with E-state index in [1.165, 1.54) is 60.1 Å². The van der Waals surface area contributed by atoms with Gasteiger partial charge in [-0.25, -0.2) is 17.7 Å². The summed E-state index contributed by atoms with van der Waals surface area (Å²) >= 11 is 5.79. The van der Waals surface area contributed by atoms with Crippen LogP contribution in [0.1, 0.15) is 28.4 Å². The van der Waals surface area contributed by atoms with Gasteiger partial charge in [-0.15, -0.1) is 5.10 Å². The lowest BCUT2D eigenvalue weighted by atomic mass is 9.89. The van der Waals surface area contributed by atoms with E-state index in [9.17, 15) is 18.7 Å². The number of fused-ring (bicyclic) bond motifs is 1. The number of benzene rings is 2. The van der Waals surface area contributed by atoms with Crippen molar-refractivity contribution in [2.45, 2.75) is 25.4 Å². The lowest BCUT2D eigenvalue weighted by Gasteiger charge is -2.33. The van der Waals surface area contributed by atoms with Crippen LogP contribution in [-0.2, 0) is 5.60 Å². The molecule has 1 atom stereocenters. The van der Waals surface area contributed by atoms with Crippen LogP contribution in [-0.4, -0.2) is 38.1 Å². The van der Waals surface area contributed by atoms with E-state index < -0.39 is 29.8 Å². The molecule has 0 saturated heterocycles. The van der Waals surface area contributed by atoms with Crippen molar-refractivity contribution in [2.24, 2.45) is 0 Å². The number of hydrogen-bond acceptors (Lipinski definition) is 5. The Morgan fingerprint density at radius 1 is 1.20 bits per heavy atom. The summed E-state index contributed by atoms with van der Waals surface area (Å²) in [7, 11) is 0. The number of carbonyl (C=O) groups excluding carboxylic acids is 1. The minimum absolute atomic E-state index is 0.0435. The van der Waals surface area contributed by atoms with Crippen LogP contribution >= 0.6 is 11.6 Å². The van der Waals surface area contributed by atoms with Gasteiger partial charge in [-0.05, 0) is 54.8 Å². The van der Waals surface area contributed by atoms with Crippen molar-refractivity contribution in [1.29, 1.82) is 0 Å². The zero-order chi connectivity index (χ0) is 25.5. The normalized spacial score (nSPS) is 13.6. The Labute approximate surface area is 203 Å². The van der Waals surface area contributed by atoms with Crippen molar-refractivity contribution in [3.63, 3.8) is 0 Å². The third kappa shape index (κ3) is 4.54. The Morgan fingerprint density at radius 3 is 2.57 bits per heavy atom. The number of halogens is 4. The first kappa shape index (κ1) is 24.5. The van der Waals surface area contributed by atoms with Crippen molar-refractivity contribution in [3.05, 3.63) is 82.3 Å². The number of aliphatic hydroxyl groups is 1. The monoisotopic (exact) mass is 503 g/mol. The number of aromatic nitrogens is 3. The van der Waals surface area contributed by atoms with Gasteiger partial charge < -0.3 is 16.2 Å². The number of nitrogens with zero attached hydrogens (tertiary/aromatic N) is 3. The Kier molecular flexibility index (Phi) is 6.20. The molecular formula is C24H21ClF3N5O2. The molecule has 0 saturated carbocycles. The van der Waals surface area contributed by atoms with E-state index in [1.807, 2.05) is 0 Å². The summed E-state index contributed by atoms with van der Waals surface area (Å²) < 4.78 is 46.7. The number of anilines is 1. The minimum atomic E-state index is -3.78. The second-order valence-electron chi connectivity index (χ2n) is 8.27. The summed E-state index contributed by atoms with van der Waals surface area (Å²) in [5.41, 5.74) is 3.59. The highest BCUT2D eigenvalue weighted by molar-refractivity contribution is 6.30. The molecule has 0 fully saturated rings. The lowest BCUT2D eigenvalue weighted by Crippen LogP contribution is -2.50. The molecule has 0 aliphatic carbocycles. The van der Waals surface area contributed by atoms with E-state index in [1.54, 1.807) is 6.07 Å². The van der Waals surface area contributed by atoms with Crippen molar-refractivity contribution in [2.75, 3.05) is 12.3 Å². The molecule has 4 rings (SSSR count). The number of alkyl halides is 2. The van der Waals surface area contributed by atoms with Gasteiger partial charge in [0.1, 0.15) is 5.82 Å². The smallest absolute Gasteiger partial charge is 0.296 e. The predicted molar refractivity (Wildman–Crippen MR) is 126 cm³/mol. The third-order valence-electron chi connectivity index (χ3n) is 5.83. The Balaban J connectivity index is 1.60. The number of carbonyl (C=O) groups is 1. The van der Waals surface area contributed by atoms with Gasteiger partial charge >= 0.3 is 0 Å². The molecule has 4 aromatic rings. The maximum absolute atomic E-state index is 15.5. The topological polar surface area (TPSA) is 106 Å². The van der Waals surface area contributed by atoms with Gasteiger partial charge in [0.05, 0.1) is 12.1 Å². The molecule has 35 heavy (non-hydrogen) atoms. The van der Waals surface area contributed by atoms with E-state index >= 15 is 4.39 Å². The summed E-state index contributed by atoms with van der Waals surface area (Å²) in [5.74, 6) is -5.66. The van der Waals surface area contributed by atoms with E-state index in [0.717, 1.165) is 6.92 Å². The van der Waals surface area contributed by atoms with Crippen LogP contribution in [0.4, 0.5) is 19.1 Å². The van der Waals surface area contributed by atoms with Crippen LogP contribution in [0.25, 0.3) is 16.8 Å². The van der Waals surface area contributed by atoms with Gasteiger partial charge in [0, 0.05) is 16.8 Å². The van der Waals surface area contributed by atoms with Crippen LogP contribution in [0.5, 0.6) is 0 Å². The fraction of sp³-hybridized carbons (Fsp3) is 0.208. The minimum Gasteiger partial charge on any atom is -0.379 e. The van der Waals surface area contributed by atoms with Crippen LogP contribution in [0, 0.1) is 12.7 Å². The lowest BCUT2D eigenvalue weighted by molar-refractivity contribution is -0.173. The standard InChI is InChI=1S/C24H21ClF3N5O2/c1-13-3-8-17(14-9-10-33-18(11-14)31-22(29)32-33)20(26)19(13)21(34)30-12-24(27,28)23(2,35)15-4-6-16(25)7-5-15/h3-11,35H,12H2,1-2H3,(H2,29,32)(H,30,34)/t23-/m1/s1. The summed E-state index contributed by atoms with van der Waals surface area (Å²) in [6, 6.07) is 11.4. The van der Waals surface area contributed by atoms with Crippen LogP contribution in [0.3, 0.4) is 0 Å². The molecule has 2 aromatic carbocycles. The number of aryl methyl sites for hydroxylation is 1. The van der Waals surface area contributed by atoms with Crippen LogP contribution < -0.4 is 11.1 Å². The largest absolute Gasteiger partial charge is 0.379 e. The molecule has 1 amide bonds. The summed E-state index contributed by atoms with van der Waals surface area (Å²) in [5, 5.41) is 16.9. The maximum atomic E-state index is 15.5. The first-order chi connectivity index (χ1) is 16.4. The molecule has 0 unspecified atom stereocenters. The molecule has 0 aliphatic heterocycles. The highest BCUT2D eigenvalue weighted by Crippen LogP contribution is 2.37. The number of amides is 1. The van der Waals surface area contributed by atoms with E-state index in [-0.39, 0.29) is 28.2 Å². The maximum Gasteiger partial charge on any atom is 0.296 e. The van der Waals surface area contributed by atoms with Gasteiger partial charge in [0.25, 0.3) is 11.8 Å². The molecule has 11 heteroatoms. The first-order valence-electron chi connectivity index (χ1n) is 10.5. The molecule has 0 bridgehead atoms. The predicted octanol–water partition coefficient (Wildman–Crippen LogP) is 4.35. The molecule has 182 valence electrons. The van der Waals surface area contributed by atoms with Gasteiger partial charge in [-0.1, -0.05) is 35.9 Å². The van der Waals surface area contributed by atoms with Gasteiger partial charge in [0.15, 0.2) is 11.2 Å². The molecular weight excluding hydrogens is 483 g/mol. The zero-order valence-corrected chi connectivity index (χ0v) is 19.4. The highest BCUT2D eigenvalue weighted by atomic mass is 35.5. The number of nitrogens with two attached hydrogens (primary N) is 1. The second-order valence-corrected chi connectivity index (χ2v) is 8.71. The molecule has 2 aromatic heterocycles. The Hall–Kier alpha value is -3.63. The average Bonchev–Trinajstić information content (AvgIpc) is 3.17. The van der Waals surface area contributed by atoms with E-state index in [4.69, 9.17) is 17.3 Å². The number of hydrogen-bond donors (Lipinski definition) is 3. The average molecular weight is 504 g/mol. The molecule has 0 spiro atoms. The highest BCUT2D eigenvalue weighted by Gasteiger charge is 2.50. The number of pyridine rings is 1. The fourth-order valence-corrected chi connectivity index (χ4v) is 3.80. The third-order valence-corrected chi connectivity index (χ3v) is 6.08. The van der Waals surface area contributed by atoms with Gasteiger partial charge in [-0.3, -0.25) is 4.79 Å². The van der Waals surface area contributed by atoms with E-state index in [0.29, 0.717) is 16.2 Å². The molecule has 0 radical (unpaired) electrons. The Morgan fingerprint density at radius 2 is 1.89 bits per heavy atom. The first-order valence-corrected chi connectivity index (χ1v) is 10.8. The fourth-order valence-electron chi connectivity index (χ4n) is 3.68. The second kappa shape index (κ2) is 8.86. The van der Waals surface area contributed by atoms with Gasteiger partial charge in [0.2, 0.25) is 5.95 Å². The van der Waals surface area contributed by atoms with Crippen LogP contribution in [0.15, 0.2) is 54.7 Å². The van der Waals surface area contributed by atoms with Crippen molar-refractivity contribution < 1.29 is 23.1 Å².